The van der Waals surface area contributed by atoms with Gasteiger partial charge in [0.2, 0.25) is 5.95 Å². The zero-order valence-electron chi connectivity index (χ0n) is 15.3. The van der Waals surface area contributed by atoms with Gasteiger partial charge in [-0.3, -0.25) is 14.7 Å². The van der Waals surface area contributed by atoms with Crippen LogP contribution in [0.1, 0.15) is 16.1 Å². The zero-order chi connectivity index (χ0) is 20.4. The van der Waals surface area contributed by atoms with Gasteiger partial charge in [-0.15, -0.1) is 0 Å². The van der Waals surface area contributed by atoms with Crippen LogP contribution in [0.5, 0.6) is 0 Å². The third kappa shape index (κ3) is 5.11. The fourth-order valence-electron chi connectivity index (χ4n) is 2.39. The van der Waals surface area contributed by atoms with Crippen LogP contribution in [0.15, 0.2) is 42.7 Å². The van der Waals surface area contributed by atoms with Gasteiger partial charge in [0, 0.05) is 32.1 Å². The molecule has 28 heavy (non-hydrogen) atoms. The molecule has 0 fully saturated rings. The summed E-state index contributed by atoms with van der Waals surface area (Å²) in [6.45, 7) is 0.104. The van der Waals surface area contributed by atoms with Crippen LogP contribution < -0.4 is 10.6 Å². The topological polar surface area (TPSA) is 142 Å². The summed E-state index contributed by atoms with van der Waals surface area (Å²) >= 11 is 0. The van der Waals surface area contributed by atoms with E-state index in [2.05, 4.69) is 30.8 Å². The van der Waals surface area contributed by atoms with Crippen LogP contribution in [-0.2, 0) is 16.1 Å². The molecule has 1 amide bonds. The molecule has 0 saturated carbocycles. The molecule has 2 heterocycles. The normalized spacial score (nSPS) is 9.79. The number of methoxy groups -OCH3 is 1. The van der Waals surface area contributed by atoms with E-state index in [9.17, 15) is 4.79 Å². The monoisotopic (exact) mass is 384 g/mol. The Kier molecular flexibility index (Phi) is 7.61. The van der Waals surface area contributed by atoms with Crippen molar-refractivity contribution in [2.75, 3.05) is 24.8 Å². The number of nitrogens with zero attached hydrogens (tertiary/aromatic N) is 3. The molecule has 1 aromatic carbocycles. The molecule has 0 aliphatic heterocycles. The highest BCUT2D eigenvalue weighted by Crippen LogP contribution is 2.30. The van der Waals surface area contributed by atoms with E-state index in [1.807, 2.05) is 30.3 Å². The number of carboxylic acid groups (broad SMARTS) is 1. The van der Waals surface area contributed by atoms with Crippen molar-refractivity contribution in [3.8, 4) is 11.1 Å². The van der Waals surface area contributed by atoms with E-state index in [4.69, 9.17) is 14.6 Å². The molecule has 3 rings (SSSR count). The van der Waals surface area contributed by atoms with Gasteiger partial charge in [0.1, 0.15) is 0 Å². The summed E-state index contributed by atoms with van der Waals surface area (Å²) in [7, 11) is 3.32. The average Bonchev–Trinajstić information content (AvgIpc) is 3.11. The van der Waals surface area contributed by atoms with Crippen LogP contribution in [0.4, 0.5) is 11.8 Å². The average molecular weight is 384 g/mol. The number of ether oxygens (including phenoxy) is 1. The number of carbonyl (C=O) groups excluding carboxylic acids is 1. The lowest BCUT2D eigenvalue weighted by Crippen LogP contribution is -2.14. The molecule has 146 valence electrons. The fourth-order valence-corrected chi connectivity index (χ4v) is 2.39. The Hall–Kier alpha value is -3.79. The van der Waals surface area contributed by atoms with Crippen molar-refractivity contribution < 1.29 is 19.4 Å². The molecule has 10 nitrogen and oxygen atoms in total. The quantitative estimate of drug-likeness (QED) is 0.473. The van der Waals surface area contributed by atoms with Crippen molar-refractivity contribution in [3.05, 3.63) is 54.0 Å². The number of aromatic nitrogens is 4. The molecular weight excluding hydrogens is 364 g/mol. The number of H-pyrrole nitrogens is 1. The SMILES string of the molecule is CNc1ncc(C(=O)Nc2n[nH]c(COC)c2-c2ccccc2)cn1.O=CO. The molecule has 4 N–H and O–H groups in total. The maximum absolute atomic E-state index is 12.5. The number of anilines is 2. The summed E-state index contributed by atoms with van der Waals surface area (Å²) in [6.07, 6.45) is 2.91. The molecule has 0 aliphatic carbocycles. The second-order valence-corrected chi connectivity index (χ2v) is 5.33. The van der Waals surface area contributed by atoms with Gasteiger partial charge in [0.25, 0.3) is 12.4 Å². The zero-order valence-corrected chi connectivity index (χ0v) is 15.3. The summed E-state index contributed by atoms with van der Waals surface area (Å²) in [4.78, 5) is 28.9. The summed E-state index contributed by atoms with van der Waals surface area (Å²) < 4.78 is 5.21. The van der Waals surface area contributed by atoms with Gasteiger partial charge < -0.3 is 20.5 Å². The van der Waals surface area contributed by atoms with Crippen LogP contribution in [-0.4, -0.2) is 51.8 Å². The molecule has 2 aromatic heterocycles. The van der Waals surface area contributed by atoms with Crippen molar-refractivity contribution in [3.63, 3.8) is 0 Å². The second kappa shape index (κ2) is 10.4. The largest absolute Gasteiger partial charge is 0.483 e. The number of carbonyl (C=O) groups is 2. The first kappa shape index (κ1) is 20.5. The summed E-state index contributed by atoms with van der Waals surface area (Å²) in [5.41, 5.74) is 2.85. The van der Waals surface area contributed by atoms with E-state index in [-0.39, 0.29) is 12.4 Å². The molecule has 3 aromatic rings. The van der Waals surface area contributed by atoms with Crippen LogP contribution in [0.2, 0.25) is 0 Å². The molecule has 0 unspecified atom stereocenters. The Labute approximate surface area is 161 Å². The van der Waals surface area contributed by atoms with Gasteiger partial charge in [-0.2, -0.15) is 5.10 Å². The molecule has 0 spiro atoms. The first-order chi connectivity index (χ1) is 13.6. The van der Waals surface area contributed by atoms with Crippen molar-refractivity contribution in [2.24, 2.45) is 0 Å². The Morgan fingerprint density at radius 3 is 2.46 bits per heavy atom. The Morgan fingerprint density at radius 1 is 1.25 bits per heavy atom. The van der Waals surface area contributed by atoms with Crippen molar-refractivity contribution >= 4 is 24.1 Å². The lowest BCUT2D eigenvalue weighted by molar-refractivity contribution is -0.122. The van der Waals surface area contributed by atoms with Crippen LogP contribution >= 0.6 is 0 Å². The lowest BCUT2D eigenvalue weighted by Gasteiger charge is -2.07. The van der Waals surface area contributed by atoms with E-state index in [0.29, 0.717) is 23.9 Å². The standard InChI is InChI=1S/C17H18N6O2.CH2O2/c1-18-17-19-8-12(9-20-17)16(24)21-15-14(11-6-4-3-5-7-11)13(10-25-2)22-23-15;2-1-3/h3-9H,10H2,1-2H3,(H,18,19,20)(H2,21,22,23,24);1H,(H,2,3). The van der Waals surface area contributed by atoms with Crippen molar-refractivity contribution in [1.82, 2.24) is 20.2 Å². The van der Waals surface area contributed by atoms with E-state index >= 15 is 0 Å². The van der Waals surface area contributed by atoms with Crippen molar-refractivity contribution in [1.29, 1.82) is 0 Å². The lowest BCUT2D eigenvalue weighted by atomic mass is 10.1. The minimum Gasteiger partial charge on any atom is -0.483 e. The highest BCUT2D eigenvalue weighted by atomic mass is 16.5. The second-order valence-electron chi connectivity index (χ2n) is 5.33. The molecule has 0 aliphatic rings. The fraction of sp³-hybridized carbons (Fsp3) is 0.167. The first-order valence-electron chi connectivity index (χ1n) is 8.15. The molecule has 0 bridgehead atoms. The van der Waals surface area contributed by atoms with Gasteiger partial charge in [0.15, 0.2) is 5.82 Å². The van der Waals surface area contributed by atoms with Gasteiger partial charge in [0.05, 0.1) is 17.9 Å². The van der Waals surface area contributed by atoms with Crippen LogP contribution in [0, 0.1) is 0 Å². The summed E-state index contributed by atoms with van der Waals surface area (Å²) in [5.74, 6) is 0.542. The van der Waals surface area contributed by atoms with Gasteiger partial charge >= 0.3 is 0 Å². The molecule has 0 saturated heterocycles. The Balaban J connectivity index is 0.000000878. The Morgan fingerprint density at radius 2 is 1.89 bits per heavy atom. The summed E-state index contributed by atoms with van der Waals surface area (Å²) in [5, 5.41) is 19.6. The predicted octanol–water partition coefficient (Wildman–Crippen LogP) is 2.01. The van der Waals surface area contributed by atoms with E-state index in [1.54, 1.807) is 14.2 Å². The number of hydrogen-bond donors (Lipinski definition) is 4. The van der Waals surface area contributed by atoms with Crippen LogP contribution in [0.25, 0.3) is 11.1 Å². The highest BCUT2D eigenvalue weighted by molar-refractivity contribution is 6.05. The first-order valence-corrected chi connectivity index (χ1v) is 8.15. The number of aromatic amines is 1. The van der Waals surface area contributed by atoms with Gasteiger partial charge in [-0.25, -0.2) is 9.97 Å². The van der Waals surface area contributed by atoms with E-state index in [0.717, 1.165) is 16.8 Å². The number of benzene rings is 1. The third-order valence-corrected chi connectivity index (χ3v) is 3.56. The minimum atomic E-state index is -0.338. The van der Waals surface area contributed by atoms with E-state index in [1.165, 1.54) is 12.4 Å². The molecular formula is C18H20N6O4. The van der Waals surface area contributed by atoms with Crippen LogP contribution in [0.3, 0.4) is 0 Å². The smallest absolute Gasteiger partial charge is 0.290 e. The number of nitrogens with one attached hydrogen (secondary N) is 3. The number of rotatable bonds is 6. The molecule has 0 radical (unpaired) electrons. The summed E-state index contributed by atoms with van der Waals surface area (Å²) in [6, 6.07) is 9.68. The van der Waals surface area contributed by atoms with E-state index < -0.39 is 0 Å². The van der Waals surface area contributed by atoms with Gasteiger partial charge in [-0.05, 0) is 5.56 Å². The minimum absolute atomic E-state index is 0.250. The molecule has 10 heteroatoms. The number of hydrogen-bond acceptors (Lipinski definition) is 7. The van der Waals surface area contributed by atoms with Crippen molar-refractivity contribution in [2.45, 2.75) is 6.61 Å². The third-order valence-electron chi connectivity index (χ3n) is 3.56. The predicted molar refractivity (Wildman–Crippen MR) is 103 cm³/mol. The maximum Gasteiger partial charge on any atom is 0.290 e. The maximum atomic E-state index is 12.5. The highest BCUT2D eigenvalue weighted by Gasteiger charge is 2.18. The Bertz CT molecular complexity index is 896. The molecule has 0 atom stereocenters. The van der Waals surface area contributed by atoms with Gasteiger partial charge in [-0.1, -0.05) is 30.3 Å². The number of amides is 1.